The van der Waals surface area contributed by atoms with Gasteiger partial charge in [-0.25, -0.2) is 8.42 Å². The van der Waals surface area contributed by atoms with Crippen LogP contribution in [-0.4, -0.2) is 54.9 Å². The molecule has 25 heavy (non-hydrogen) atoms. The summed E-state index contributed by atoms with van der Waals surface area (Å²) in [6.45, 7) is 8.77. The molecule has 0 atom stereocenters. The highest BCUT2D eigenvalue weighted by Gasteiger charge is 2.28. The summed E-state index contributed by atoms with van der Waals surface area (Å²) in [6.07, 6.45) is 0. The van der Waals surface area contributed by atoms with E-state index in [0.717, 1.165) is 30.7 Å². The van der Waals surface area contributed by atoms with Crippen molar-refractivity contribution >= 4 is 26.0 Å². The fourth-order valence-electron chi connectivity index (χ4n) is 3.24. The van der Waals surface area contributed by atoms with Crippen molar-refractivity contribution in [2.45, 2.75) is 25.3 Å². The SMILES string of the molecule is Cc1ccc(C)n1CCN1CCN(S(=O)(=O)c2ccc(Br)cc2)CC1. The number of piperazine rings is 1. The van der Waals surface area contributed by atoms with Gasteiger partial charge in [0.1, 0.15) is 0 Å². The van der Waals surface area contributed by atoms with Gasteiger partial charge in [-0.3, -0.25) is 4.90 Å². The van der Waals surface area contributed by atoms with Gasteiger partial charge in [0.15, 0.2) is 0 Å². The van der Waals surface area contributed by atoms with Crippen molar-refractivity contribution in [1.82, 2.24) is 13.8 Å². The van der Waals surface area contributed by atoms with Gasteiger partial charge in [-0.2, -0.15) is 4.31 Å². The highest BCUT2D eigenvalue weighted by atomic mass is 79.9. The standard InChI is InChI=1S/C18H24BrN3O2S/c1-15-3-4-16(2)22(15)14-11-20-9-12-21(13-10-20)25(23,24)18-7-5-17(19)6-8-18/h3-8H,9-14H2,1-2H3. The summed E-state index contributed by atoms with van der Waals surface area (Å²) >= 11 is 3.34. The van der Waals surface area contributed by atoms with Crippen molar-refractivity contribution in [2.24, 2.45) is 0 Å². The molecule has 1 fully saturated rings. The summed E-state index contributed by atoms with van der Waals surface area (Å²) in [7, 11) is -3.39. The molecule has 1 saturated heterocycles. The summed E-state index contributed by atoms with van der Waals surface area (Å²) in [5.74, 6) is 0. The lowest BCUT2D eigenvalue weighted by Crippen LogP contribution is -2.49. The van der Waals surface area contributed by atoms with Gasteiger partial charge in [0, 0.05) is 55.1 Å². The summed E-state index contributed by atoms with van der Waals surface area (Å²) in [5.41, 5.74) is 2.54. The lowest BCUT2D eigenvalue weighted by Gasteiger charge is -2.34. The molecule has 0 amide bonds. The molecule has 0 bridgehead atoms. The maximum absolute atomic E-state index is 12.7. The third kappa shape index (κ3) is 4.16. The van der Waals surface area contributed by atoms with Crippen LogP contribution in [0.2, 0.25) is 0 Å². The van der Waals surface area contributed by atoms with Gasteiger partial charge < -0.3 is 4.57 Å². The first kappa shape index (κ1) is 18.6. The molecule has 1 aliphatic rings. The monoisotopic (exact) mass is 425 g/mol. The molecule has 2 aromatic rings. The average Bonchev–Trinajstić information content (AvgIpc) is 2.92. The fraction of sp³-hybridized carbons (Fsp3) is 0.444. The van der Waals surface area contributed by atoms with Crippen LogP contribution in [0.3, 0.4) is 0 Å². The highest BCUT2D eigenvalue weighted by molar-refractivity contribution is 9.10. The molecule has 0 saturated carbocycles. The number of aromatic nitrogens is 1. The van der Waals surface area contributed by atoms with Gasteiger partial charge in [0.25, 0.3) is 0 Å². The predicted octanol–water partition coefficient (Wildman–Crippen LogP) is 2.87. The van der Waals surface area contributed by atoms with Gasteiger partial charge in [0.2, 0.25) is 10.0 Å². The molecule has 0 radical (unpaired) electrons. The summed E-state index contributed by atoms with van der Waals surface area (Å²) in [5, 5.41) is 0. The van der Waals surface area contributed by atoms with Crippen LogP contribution in [0, 0.1) is 13.8 Å². The van der Waals surface area contributed by atoms with Crippen molar-refractivity contribution in [3.8, 4) is 0 Å². The smallest absolute Gasteiger partial charge is 0.243 e. The van der Waals surface area contributed by atoms with E-state index < -0.39 is 10.0 Å². The summed E-state index contributed by atoms with van der Waals surface area (Å²) in [4.78, 5) is 2.70. The van der Waals surface area contributed by atoms with Crippen molar-refractivity contribution < 1.29 is 8.42 Å². The Morgan fingerprint density at radius 1 is 0.880 bits per heavy atom. The van der Waals surface area contributed by atoms with E-state index in [1.807, 2.05) is 0 Å². The Morgan fingerprint density at radius 2 is 1.44 bits per heavy atom. The molecular weight excluding hydrogens is 402 g/mol. The predicted molar refractivity (Wildman–Crippen MR) is 103 cm³/mol. The molecule has 0 unspecified atom stereocenters. The van der Waals surface area contributed by atoms with E-state index in [0.29, 0.717) is 18.0 Å². The maximum Gasteiger partial charge on any atom is 0.243 e. The number of hydrogen-bond donors (Lipinski definition) is 0. The second kappa shape index (κ2) is 7.61. The third-order valence-electron chi connectivity index (χ3n) is 4.84. The normalized spacial score (nSPS) is 17.1. The minimum absolute atomic E-state index is 0.364. The van der Waals surface area contributed by atoms with Crippen molar-refractivity contribution in [3.63, 3.8) is 0 Å². The van der Waals surface area contributed by atoms with Crippen LogP contribution in [0.15, 0.2) is 45.8 Å². The fourth-order valence-corrected chi connectivity index (χ4v) is 4.93. The summed E-state index contributed by atoms with van der Waals surface area (Å²) < 4.78 is 30.2. The number of hydrogen-bond acceptors (Lipinski definition) is 3. The van der Waals surface area contributed by atoms with E-state index in [9.17, 15) is 8.42 Å². The van der Waals surface area contributed by atoms with E-state index in [1.165, 1.54) is 11.4 Å². The zero-order valence-corrected chi connectivity index (χ0v) is 17.1. The first-order chi connectivity index (χ1) is 11.9. The Morgan fingerprint density at radius 3 is 2.00 bits per heavy atom. The van der Waals surface area contributed by atoms with Crippen molar-refractivity contribution in [2.75, 3.05) is 32.7 Å². The second-order valence-electron chi connectivity index (χ2n) is 6.47. The lowest BCUT2D eigenvalue weighted by molar-refractivity contribution is 0.182. The van der Waals surface area contributed by atoms with Crippen molar-refractivity contribution in [3.05, 3.63) is 52.3 Å². The third-order valence-corrected chi connectivity index (χ3v) is 7.28. The quantitative estimate of drug-likeness (QED) is 0.739. The molecule has 0 N–H and O–H groups in total. The van der Waals surface area contributed by atoms with Gasteiger partial charge in [-0.05, 0) is 50.2 Å². The molecule has 2 heterocycles. The van der Waals surface area contributed by atoms with Crippen LogP contribution >= 0.6 is 15.9 Å². The van der Waals surface area contributed by atoms with Gasteiger partial charge >= 0.3 is 0 Å². The number of rotatable bonds is 5. The number of nitrogens with zero attached hydrogens (tertiary/aromatic N) is 3. The first-order valence-electron chi connectivity index (χ1n) is 8.49. The molecule has 1 aromatic heterocycles. The van der Waals surface area contributed by atoms with Gasteiger partial charge in [-0.15, -0.1) is 0 Å². The Kier molecular flexibility index (Phi) is 5.68. The molecule has 7 heteroatoms. The Balaban J connectivity index is 1.57. The largest absolute Gasteiger partial charge is 0.348 e. The number of benzene rings is 1. The minimum Gasteiger partial charge on any atom is -0.348 e. The molecule has 1 aromatic carbocycles. The molecule has 3 rings (SSSR count). The van der Waals surface area contributed by atoms with E-state index in [2.05, 4.69) is 51.4 Å². The van der Waals surface area contributed by atoms with Gasteiger partial charge in [0.05, 0.1) is 4.90 Å². The zero-order valence-electron chi connectivity index (χ0n) is 14.7. The molecule has 0 aliphatic carbocycles. The van der Waals surface area contributed by atoms with Crippen LogP contribution in [-0.2, 0) is 16.6 Å². The van der Waals surface area contributed by atoms with Gasteiger partial charge in [-0.1, -0.05) is 15.9 Å². The number of aryl methyl sites for hydroxylation is 2. The van der Waals surface area contributed by atoms with E-state index in [1.54, 1.807) is 28.6 Å². The second-order valence-corrected chi connectivity index (χ2v) is 9.32. The van der Waals surface area contributed by atoms with E-state index in [4.69, 9.17) is 0 Å². The highest BCUT2D eigenvalue weighted by Crippen LogP contribution is 2.20. The first-order valence-corrected chi connectivity index (χ1v) is 10.7. The summed E-state index contributed by atoms with van der Waals surface area (Å²) in [6, 6.07) is 11.1. The minimum atomic E-state index is -3.39. The number of sulfonamides is 1. The topological polar surface area (TPSA) is 45.5 Å². The molecule has 1 aliphatic heterocycles. The Labute approximate surface area is 158 Å². The molecule has 0 spiro atoms. The van der Waals surface area contributed by atoms with Crippen LogP contribution in [0.4, 0.5) is 0 Å². The maximum atomic E-state index is 12.7. The van der Waals surface area contributed by atoms with E-state index in [-0.39, 0.29) is 0 Å². The average molecular weight is 426 g/mol. The van der Waals surface area contributed by atoms with E-state index >= 15 is 0 Å². The molecule has 136 valence electrons. The van der Waals surface area contributed by atoms with Crippen LogP contribution < -0.4 is 0 Å². The number of halogens is 1. The van der Waals surface area contributed by atoms with Crippen LogP contribution in [0.25, 0.3) is 0 Å². The molecule has 5 nitrogen and oxygen atoms in total. The Hall–Kier alpha value is -1.15. The molecular formula is C18H24BrN3O2S. The van der Waals surface area contributed by atoms with Crippen molar-refractivity contribution in [1.29, 1.82) is 0 Å². The lowest BCUT2D eigenvalue weighted by atomic mass is 10.3. The van der Waals surface area contributed by atoms with Crippen LogP contribution in [0.1, 0.15) is 11.4 Å². The van der Waals surface area contributed by atoms with Crippen LogP contribution in [0.5, 0.6) is 0 Å². The Bertz CT molecular complexity index is 803. The zero-order chi connectivity index (χ0) is 18.0.